The zero-order valence-electron chi connectivity index (χ0n) is 14.8. The number of nitrogens with two attached hydrogens (primary N) is 1. The van der Waals surface area contributed by atoms with Gasteiger partial charge in [0.2, 0.25) is 0 Å². The fourth-order valence-electron chi connectivity index (χ4n) is 2.61. The SMILES string of the molecule is Nc1ncnc2c1ncn2[C@@H]1O[C@H](COP(=O)(O)OP(=O)(O)OS(=O)(=O)O)[C@@H](O)[C@H]1O. The first-order valence-electron chi connectivity index (χ1n) is 7.84. The predicted octanol–water partition coefficient (Wildman–Crippen LogP) is -1.92. The van der Waals surface area contributed by atoms with Crippen LogP contribution in [-0.4, -0.2) is 77.4 Å². The largest absolute Gasteiger partial charge is 0.497 e. The molecule has 1 saturated heterocycles. The van der Waals surface area contributed by atoms with Crippen molar-refractivity contribution in [3.8, 4) is 0 Å². The molecular formula is C10H15N5O13P2S. The number of imidazole rings is 1. The van der Waals surface area contributed by atoms with Gasteiger partial charge >= 0.3 is 26.0 Å². The molecule has 21 heteroatoms. The van der Waals surface area contributed by atoms with Gasteiger partial charge in [0.1, 0.15) is 30.2 Å². The first-order valence-corrected chi connectivity index (χ1v) is 12.2. The minimum Gasteiger partial charge on any atom is -0.387 e. The van der Waals surface area contributed by atoms with Crippen LogP contribution in [0.25, 0.3) is 11.2 Å². The highest BCUT2D eigenvalue weighted by molar-refractivity contribution is 7.86. The molecule has 0 bridgehead atoms. The molecule has 0 amide bonds. The first-order chi connectivity index (χ1) is 14.2. The van der Waals surface area contributed by atoms with Crippen LogP contribution in [0.3, 0.4) is 0 Å². The van der Waals surface area contributed by atoms with Crippen LogP contribution in [0.2, 0.25) is 0 Å². The summed E-state index contributed by atoms with van der Waals surface area (Å²) in [5, 5.41) is 20.4. The fourth-order valence-corrected chi connectivity index (χ4v) is 5.48. The molecule has 3 rings (SSSR count). The Morgan fingerprint density at radius 2 is 1.84 bits per heavy atom. The average Bonchev–Trinajstić information content (AvgIpc) is 3.13. The maximum Gasteiger partial charge on any atom is 0.497 e. The Hall–Kier alpha value is -1.60. The van der Waals surface area contributed by atoms with Crippen molar-refractivity contribution < 1.29 is 59.6 Å². The molecule has 0 saturated carbocycles. The Balaban J connectivity index is 1.70. The Bertz CT molecular complexity index is 1170. The van der Waals surface area contributed by atoms with Crippen LogP contribution in [0.1, 0.15) is 6.23 Å². The van der Waals surface area contributed by atoms with Crippen LogP contribution < -0.4 is 5.73 Å². The van der Waals surface area contributed by atoms with E-state index in [1.54, 1.807) is 0 Å². The summed E-state index contributed by atoms with van der Waals surface area (Å²) < 4.78 is 70.2. The number of nitrogens with zero attached hydrogens (tertiary/aromatic N) is 4. The van der Waals surface area contributed by atoms with Crippen molar-refractivity contribution in [2.24, 2.45) is 0 Å². The number of ether oxygens (including phenoxy) is 1. The summed E-state index contributed by atoms with van der Waals surface area (Å²) in [5.74, 6) is 0.0376. The predicted molar refractivity (Wildman–Crippen MR) is 95.0 cm³/mol. The van der Waals surface area contributed by atoms with Crippen molar-refractivity contribution in [2.75, 3.05) is 12.3 Å². The molecule has 6 atom stereocenters. The van der Waals surface area contributed by atoms with Crippen molar-refractivity contribution in [1.29, 1.82) is 0 Å². The zero-order chi connectivity index (χ0) is 23.2. The standard InChI is InChI=1S/C10H15N5O13P2S/c11-8-5-9(13-2-12-8)15(3-14-5)10-7(17)6(16)4(26-10)1-25-29(18,19)27-30(20,21)28-31(22,23)24/h2-4,6-7,10,16-17H,1H2,(H,18,19)(H,20,21)(H2,11,12,13)(H,22,23,24)/t4-,6-,7-,10-/m1/s1. The molecule has 174 valence electrons. The number of phosphoric acid groups is 2. The Morgan fingerprint density at radius 1 is 1.16 bits per heavy atom. The lowest BCUT2D eigenvalue weighted by molar-refractivity contribution is -0.0503. The van der Waals surface area contributed by atoms with E-state index in [0.29, 0.717) is 0 Å². The quantitative estimate of drug-likeness (QED) is 0.168. The van der Waals surface area contributed by atoms with E-state index in [1.807, 2.05) is 0 Å². The molecule has 0 aromatic carbocycles. The highest BCUT2D eigenvalue weighted by Gasteiger charge is 2.46. The number of aliphatic hydroxyl groups is 2. The lowest BCUT2D eigenvalue weighted by atomic mass is 10.1. The van der Waals surface area contributed by atoms with E-state index < -0.39 is 57.2 Å². The number of rotatable bonds is 8. The molecule has 2 unspecified atom stereocenters. The lowest BCUT2D eigenvalue weighted by Crippen LogP contribution is -2.33. The van der Waals surface area contributed by atoms with Gasteiger partial charge in [-0.3, -0.25) is 13.6 Å². The van der Waals surface area contributed by atoms with Gasteiger partial charge in [0.25, 0.3) is 0 Å². The van der Waals surface area contributed by atoms with Crippen LogP contribution in [0, 0.1) is 0 Å². The molecule has 0 aliphatic carbocycles. The summed E-state index contributed by atoms with van der Waals surface area (Å²) in [6.07, 6.45) is -3.75. The van der Waals surface area contributed by atoms with Gasteiger partial charge in [0.05, 0.1) is 12.9 Å². The minimum absolute atomic E-state index is 0.0376. The number of hydrogen-bond acceptors (Lipinski definition) is 14. The minimum atomic E-state index is -5.78. The van der Waals surface area contributed by atoms with E-state index in [9.17, 15) is 32.7 Å². The molecule has 1 fully saturated rings. The molecule has 2 aromatic heterocycles. The maximum atomic E-state index is 11.8. The van der Waals surface area contributed by atoms with Gasteiger partial charge in [-0.25, -0.2) is 24.1 Å². The molecule has 2 aromatic rings. The zero-order valence-corrected chi connectivity index (χ0v) is 17.4. The van der Waals surface area contributed by atoms with E-state index in [1.165, 1.54) is 10.9 Å². The normalized spacial score (nSPS) is 28.4. The number of aliphatic hydroxyl groups excluding tert-OH is 2. The van der Waals surface area contributed by atoms with Gasteiger partial charge in [-0.15, -0.1) is 3.97 Å². The van der Waals surface area contributed by atoms with Gasteiger partial charge < -0.3 is 30.5 Å². The van der Waals surface area contributed by atoms with Crippen molar-refractivity contribution in [3.63, 3.8) is 0 Å². The van der Waals surface area contributed by atoms with E-state index >= 15 is 0 Å². The van der Waals surface area contributed by atoms with Gasteiger partial charge in [-0.05, 0) is 0 Å². The molecule has 18 nitrogen and oxygen atoms in total. The van der Waals surface area contributed by atoms with Gasteiger partial charge in [0.15, 0.2) is 17.7 Å². The third-order valence-corrected chi connectivity index (χ3v) is 7.43. The molecular weight excluding hydrogens is 492 g/mol. The third-order valence-electron chi connectivity index (χ3n) is 3.80. The van der Waals surface area contributed by atoms with Gasteiger partial charge in [-0.1, -0.05) is 0 Å². The summed E-state index contributed by atoms with van der Waals surface area (Å²) in [6, 6.07) is 0. The van der Waals surface area contributed by atoms with Gasteiger partial charge in [-0.2, -0.15) is 12.7 Å². The van der Waals surface area contributed by atoms with E-state index in [2.05, 4.69) is 27.8 Å². The molecule has 3 heterocycles. The topological polar surface area (TPSA) is 276 Å². The number of fused-ring (bicyclic) bond motifs is 1. The Labute approximate surface area is 172 Å². The summed E-state index contributed by atoms with van der Waals surface area (Å²) >= 11 is 0. The maximum absolute atomic E-state index is 11.8. The van der Waals surface area contributed by atoms with Gasteiger partial charge in [0, 0.05) is 0 Å². The second-order valence-electron chi connectivity index (χ2n) is 5.95. The van der Waals surface area contributed by atoms with Crippen molar-refractivity contribution >= 4 is 43.0 Å². The van der Waals surface area contributed by atoms with Crippen LogP contribution in [0.4, 0.5) is 5.82 Å². The third kappa shape index (κ3) is 5.61. The summed E-state index contributed by atoms with van der Waals surface area (Å²) in [5.41, 5.74) is 5.99. The number of hydrogen-bond donors (Lipinski definition) is 6. The van der Waals surface area contributed by atoms with Crippen LogP contribution in [0.15, 0.2) is 12.7 Å². The fraction of sp³-hybridized carbons (Fsp3) is 0.500. The van der Waals surface area contributed by atoms with Crippen LogP contribution in [-0.2, 0) is 37.1 Å². The highest BCUT2D eigenvalue weighted by atomic mass is 32.3. The van der Waals surface area contributed by atoms with E-state index in [0.717, 1.165) is 6.33 Å². The van der Waals surface area contributed by atoms with Crippen LogP contribution in [0.5, 0.6) is 0 Å². The van der Waals surface area contributed by atoms with E-state index in [-0.39, 0.29) is 17.0 Å². The first kappa shape index (κ1) is 24.1. The average molecular weight is 507 g/mol. The van der Waals surface area contributed by atoms with Crippen LogP contribution >= 0.6 is 15.6 Å². The second-order valence-corrected chi connectivity index (χ2v) is 10.2. The number of anilines is 1. The Morgan fingerprint density at radius 3 is 2.48 bits per heavy atom. The second kappa shape index (κ2) is 8.39. The highest BCUT2D eigenvalue weighted by Crippen LogP contribution is 2.61. The molecule has 31 heavy (non-hydrogen) atoms. The van der Waals surface area contributed by atoms with E-state index in [4.69, 9.17) is 19.9 Å². The smallest absolute Gasteiger partial charge is 0.387 e. The number of aromatic nitrogens is 4. The molecule has 1 aliphatic heterocycles. The molecule has 1 aliphatic rings. The van der Waals surface area contributed by atoms with Crippen molar-refractivity contribution in [2.45, 2.75) is 24.5 Å². The molecule has 0 radical (unpaired) electrons. The number of phosphoric ester groups is 1. The van der Waals surface area contributed by atoms with Crippen molar-refractivity contribution in [1.82, 2.24) is 19.5 Å². The lowest BCUT2D eigenvalue weighted by Gasteiger charge is -2.18. The molecule has 7 N–H and O–H groups in total. The number of nitrogen functional groups attached to an aromatic ring is 1. The molecule has 0 spiro atoms. The monoisotopic (exact) mass is 507 g/mol. The Kier molecular flexibility index (Phi) is 6.51. The summed E-state index contributed by atoms with van der Waals surface area (Å²) in [4.78, 5) is 30.2. The summed E-state index contributed by atoms with van der Waals surface area (Å²) in [7, 11) is -16.7. The summed E-state index contributed by atoms with van der Waals surface area (Å²) in [6.45, 7) is -0.974. The van der Waals surface area contributed by atoms with Crippen molar-refractivity contribution in [3.05, 3.63) is 12.7 Å².